The zero-order valence-corrected chi connectivity index (χ0v) is 9.92. The van der Waals surface area contributed by atoms with Gasteiger partial charge in [-0.05, 0) is 32.0 Å². The van der Waals surface area contributed by atoms with Gasteiger partial charge in [0, 0.05) is 11.1 Å². The number of aromatic nitrogens is 3. The molecule has 1 N–H and O–H groups in total. The quantitative estimate of drug-likeness (QED) is 0.806. The molecule has 3 nitrogen and oxygen atoms in total. The van der Waals surface area contributed by atoms with E-state index in [-0.39, 0.29) is 5.54 Å². The molecule has 0 bridgehead atoms. The normalized spacial score (nSPS) is 17.3. The molecule has 82 valence electrons. The average Bonchev–Trinajstić information content (AvgIpc) is 2.91. The lowest BCUT2D eigenvalue weighted by Gasteiger charge is -2.13. The Morgan fingerprint density at radius 2 is 2.00 bits per heavy atom. The number of aromatic amines is 1. The Bertz CT molecular complexity index is 563. The minimum absolute atomic E-state index is 0.176. The molecule has 0 saturated heterocycles. The number of rotatable bonds is 2. The van der Waals surface area contributed by atoms with Crippen LogP contribution in [-0.4, -0.2) is 14.8 Å². The molecule has 1 saturated carbocycles. The zero-order chi connectivity index (χ0) is 11.2. The molecule has 0 amide bonds. The standard InChI is InChI=1S/C12H13N3S/c1-12(7-8-12)15-10(13-14-11(15)16)9-5-3-2-4-6-9/h2-6H,7-8H2,1H3,(H,14,16). The predicted molar refractivity (Wildman–Crippen MR) is 65.7 cm³/mol. The van der Waals surface area contributed by atoms with Gasteiger partial charge < -0.3 is 0 Å². The lowest BCUT2D eigenvalue weighted by molar-refractivity contribution is 0.530. The summed E-state index contributed by atoms with van der Waals surface area (Å²) < 4.78 is 2.87. The smallest absolute Gasteiger partial charge is 0.195 e. The van der Waals surface area contributed by atoms with Crippen molar-refractivity contribution in [3.63, 3.8) is 0 Å². The van der Waals surface area contributed by atoms with Crippen LogP contribution in [0.1, 0.15) is 19.8 Å². The van der Waals surface area contributed by atoms with E-state index in [0.29, 0.717) is 0 Å². The highest BCUT2D eigenvalue weighted by atomic mass is 32.1. The second-order valence-electron chi connectivity index (χ2n) is 4.55. The van der Waals surface area contributed by atoms with E-state index in [1.165, 1.54) is 12.8 Å². The Morgan fingerprint density at radius 3 is 2.62 bits per heavy atom. The van der Waals surface area contributed by atoms with E-state index in [0.717, 1.165) is 16.2 Å². The van der Waals surface area contributed by atoms with Gasteiger partial charge in [0.1, 0.15) is 0 Å². The van der Waals surface area contributed by atoms with Crippen molar-refractivity contribution in [2.24, 2.45) is 0 Å². The van der Waals surface area contributed by atoms with Gasteiger partial charge in [-0.15, -0.1) is 0 Å². The highest BCUT2D eigenvalue weighted by Gasteiger charge is 2.41. The van der Waals surface area contributed by atoms with Crippen molar-refractivity contribution < 1.29 is 0 Å². The van der Waals surface area contributed by atoms with E-state index < -0.39 is 0 Å². The lowest BCUT2D eigenvalue weighted by atomic mass is 10.2. The minimum atomic E-state index is 0.176. The third kappa shape index (κ3) is 1.41. The van der Waals surface area contributed by atoms with Gasteiger partial charge in [0.05, 0.1) is 0 Å². The fourth-order valence-electron chi connectivity index (χ4n) is 1.98. The van der Waals surface area contributed by atoms with Crippen LogP contribution < -0.4 is 0 Å². The molecule has 1 aromatic carbocycles. The Kier molecular flexibility index (Phi) is 2.01. The Hall–Kier alpha value is -1.42. The molecule has 0 unspecified atom stereocenters. The van der Waals surface area contributed by atoms with Crippen molar-refractivity contribution in [2.45, 2.75) is 25.3 Å². The van der Waals surface area contributed by atoms with Crippen LogP contribution in [0.3, 0.4) is 0 Å². The van der Waals surface area contributed by atoms with Crippen LogP contribution >= 0.6 is 12.2 Å². The maximum Gasteiger partial charge on any atom is 0.195 e. The van der Waals surface area contributed by atoms with Crippen molar-refractivity contribution in [3.8, 4) is 11.4 Å². The summed E-state index contributed by atoms with van der Waals surface area (Å²) in [6.07, 6.45) is 2.36. The highest BCUT2D eigenvalue weighted by molar-refractivity contribution is 7.71. The van der Waals surface area contributed by atoms with Gasteiger partial charge in [-0.1, -0.05) is 30.3 Å². The van der Waals surface area contributed by atoms with Crippen LogP contribution in [0.15, 0.2) is 30.3 Å². The van der Waals surface area contributed by atoms with Gasteiger partial charge in [-0.2, -0.15) is 5.10 Å². The average molecular weight is 231 g/mol. The van der Waals surface area contributed by atoms with Crippen LogP contribution in [0, 0.1) is 4.77 Å². The fraction of sp³-hybridized carbons (Fsp3) is 0.333. The number of nitrogens with one attached hydrogen (secondary N) is 1. The van der Waals surface area contributed by atoms with Gasteiger partial charge in [0.15, 0.2) is 10.6 Å². The number of hydrogen-bond acceptors (Lipinski definition) is 2. The largest absolute Gasteiger partial charge is 0.294 e. The van der Waals surface area contributed by atoms with E-state index in [9.17, 15) is 0 Å². The van der Waals surface area contributed by atoms with Crippen LogP contribution in [0.2, 0.25) is 0 Å². The van der Waals surface area contributed by atoms with Gasteiger partial charge >= 0.3 is 0 Å². The molecule has 0 spiro atoms. The zero-order valence-electron chi connectivity index (χ0n) is 9.10. The first-order chi connectivity index (χ1) is 7.71. The van der Waals surface area contributed by atoms with E-state index in [2.05, 4.69) is 33.8 Å². The summed E-state index contributed by atoms with van der Waals surface area (Å²) in [5.41, 5.74) is 1.29. The third-order valence-corrected chi connectivity index (χ3v) is 3.49. The molecular formula is C12H13N3S. The molecule has 1 aliphatic rings. The molecule has 1 aromatic heterocycles. The number of H-pyrrole nitrogens is 1. The SMILES string of the molecule is CC1(n2c(-c3ccccc3)n[nH]c2=S)CC1. The van der Waals surface area contributed by atoms with Crippen LogP contribution in [-0.2, 0) is 5.54 Å². The summed E-state index contributed by atoms with van der Waals surface area (Å²) in [4.78, 5) is 0. The Balaban J connectivity index is 2.19. The van der Waals surface area contributed by atoms with Gasteiger partial charge in [0.2, 0.25) is 0 Å². The first kappa shape index (κ1) is 9.78. The summed E-state index contributed by atoms with van der Waals surface area (Å²) in [5.74, 6) is 0.950. The highest BCUT2D eigenvalue weighted by Crippen LogP contribution is 2.44. The minimum Gasteiger partial charge on any atom is -0.294 e. The maximum absolute atomic E-state index is 5.31. The topological polar surface area (TPSA) is 33.6 Å². The molecule has 3 rings (SSSR count). The van der Waals surface area contributed by atoms with Crippen molar-refractivity contribution in [1.29, 1.82) is 0 Å². The summed E-state index contributed by atoms with van der Waals surface area (Å²) in [5, 5.41) is 7.24. The molecule has 1 fully saturated rings. The number of hydrogen-bond donors (Lipinski definition) is 1. The molecule has 16 heavy (non-hydrogen) atoms. The maximum atomic E-state index is 5.31. The van der Waals surface area contributed by atoms with Gasteiger partial charge in [0.25, 0.3) is 0 Å². The van der Waals surface area contributed by atoms with E-state index in [4.69, 9.17) is 12.2 Å². The summed E-state index contributed by atoms with van der Waals surface area (Å²) in [7, 11) is 0. The second kappa shape index (κ2) is 3.28. The molecule has 1 heterocycles. The third-order valence-electron chi connectivity index (χ3n) is 3.22. The number of benzene rings is 1. The van der Waals surface area contributed by atoms with E-state index in [1.807, 2.05) is 18.2 Å². The van der Waals surface area contributed by atoms with Crippen molar-refractivity contribution in [3.05, 3.63) is 35.1 Å². The first-order valence-corrected chi connectivity index (χ1v) is 5.85. The molecule has 0 atom stereocenters. The predicted octanol–water partition coefficient (Wildman–Crippen LogP) is 3.12. The van der Waals surface area contributed by atoms with Crippen molar-refractivity contribution >= 4 is 12.2 Å². The first-order valence-electron chi connectivity index (χ1n) is 5.44. The van der Waals surface area contributed by atoms with Crippen LogP contribution in [0.4, 0.5) is 0 Å². The Labute approximate surface area is 99.1 Å². The molecule has 2 aromatic rings. The summed E-state index contributed by atoms with van der Waals surface area (Å²) in [6.45, 7) is 2.23. The monoisotopic (exact) mass is 231 g/mol. The number of nitrogens with zero attached hydrogens (tertiary/aromatic N) is 2. The van der Waals surface area contributed by atoms with E-state index >= 15 is 0 Å². The molecule has 4 heteroatoms. The van der Waals surface area contributed by atoms with Crippen molar-refractivity contribution in [2.75, 3.05) is 0 Å². The molecule has 0 aliphatic heterocycles. The summed E-state index contributed by atoms with van der Waals surface area (Å²) >= 11 is 5.31. The lowest BCUT2D eigenvalue weighted by Crippen LogP contribution is -2.13. The molecule has 0 radical (unpaired) electrons. The van der Waals surface area contributed by atoms with Crippen LogP contribution in [0.25, 0.3) is 11.4 Å². The van der Waals surface area contributed by atoms with Gasteiger partial charge in [-0.25, -0.2) is 0 Å². The van der Waals surface area contributed by atoms with Crippen molar-refractivity contribution in [1.82, 2.24) is 14.8 Å². The fourth-order valence-corrected chi connectivity index (χ4v) is 2.34. The van der Waals surface area contributed by atoms with E-state index in [1.54, 1.807) is 0 Å². The second-order valence-corrected chi connectivity index (χ2v) is 4.94. The van der Waals surface area contributed by atoms with Crippen LogP contribution in [0.5, 0.6) is 0 Å². The molecule has 1 aliphatic carbocycles. The Morgan fingerprint density at radius 1 is 1.31 bits per heavy atom. The van der Waals surface area contributed by atoms with Gasteiger partial charge in [-0.3, -0.25) is 9.67 Å². The summed E-state index contributed by atoms with van der Waals surface area (Å²) in [6, 6.07) is 10.2. The molecular weight excluding hydrogens is 218 g/mol.